The van der Waals surface area contributed by atoms with Gasteiger partial charge in [0.1, 0.15) is 0 Å². The third-order valence-corrected chi connectivity index (χ3v) is 3.64. The third kappa shape index (κ3) is 6.91. The second-order valence-corrected chi connectivity index (χ2v) is 6.51. The summed E-state index contributed by atoms with van der Waals surface area (Å²) in [6.07, 6.45) is 1.04. The van der Waals surface area contributed by atoms with Gasteiger partial charge in [0.25, 0.3) is 0 Å². The summed E-state index contributed by atoms with van der Waals surface area (Å²) in [7, 11) is 4.18. The van der Waals surface area contributed by atoms with Crippen molar-refractivity contribution in [3.63, 3.8) is 0 Å². The van der Waals surface area contributed by atoms with Gasteiger partial charge in [-0.15, -0.1) is 0 Å². The molecule has 0 radical (unpaired) electrons. The van der Waals surface area contributed by atoms with Crippen molar-refractivity contribution in [3.8, 4) is 0 Å². The molecule has 0 aliphatic heterocycles. The van der Waals surface area contributed by atoms with Crippen molar-refractivity contribution >= 4 is 23.0 Å². The van der Waals surface area contributed by atoms with E-state index < -0.39 is 0 Å². The number of aryl methyl sites for hydroxylation is 1. The number of benzene rings is 1. The fourth-order valence-electron chi connectivity index (χ4n) is 2.11. The van der Waals surface area contributed by atoms with Gasteiger partial charge in [-0.1, -0.05) is 32.9 Å². The molecule has 0 aliphatic carbocycles. The van der Waals surface area contributed by atoms with Gasteiger partial charge < -0.3 is 15.1 Å². The number of hydrogen-bond acceptors (Lipinski definition) is 2. The van der Waals surface area contributed by atoms with Crippen LogP contribution in [0.4, 0.5) is 5.69 Å². The third-order valence-electron chi connectivity index (χ3n) is 3.28. The van der Waals surface area contributed by atoms with Crippen molar-refractivity contribution in [2.24, 2.45) is 5.92 Å². The van der Waals surface area contributed by atoms with Gasteiger partial charge in [-0.25, -0.2) is 0 Å². The first-order valence-corrected chi connectivity index (χ1v) is 8.12. The Kier molecular flexibility index (Phi) is 7.68. The Morgan fingerprint density at radius 3 is 2.52 bits per heavy atom. The number of thiocarbonyl (C=S) groups is 1. The molecule has 0 amide bonds. The van der Waals surface area contributed by atoms with Gasteiger partial charge in [0.05, 0.1) is 0 Å². The summed E-state index contributed by atoms with van der Waals surface area (Å²) in [5, 5.41) is 4.20. The molecule has 0 atom stereocenters. The molecule has 0 saturated heterocycles. The molecule has 0 spiro atoms. The first kappa shape index (κ1) is 17.9. The highest BCUT2D eigenvalue weighted by Gasteiger charge is 2.12. The van der Waals surface area contributed by atoms with Crippen molar-refractivity contribution in [1.82, 2.24) is 9.80 Å². The highest BCUT2D eigenvalue weighted by Crippen LogP contribution is 2.12. The molecular formula is C17H29N3S. The van der Waals surface area contributed by atoms with Crippen LogP contribution in [0.25, 0.3) is 0 Å². The van der Waals surface area contributed by atoms with E-state index in [2.05, 4.69) is 74.2 Å². The molecule has 0 fully saturated rings. The van der Waals surface area contributed by atoms with Crippen LogP contribution in [0.2, 0.25) is 0 Å². The number of nitrogens with zero attached hydrogens (tertiary/aromatic N) is 2. The van der Waals surface area contributed by atoms with Crippen LogP contribution in [-0.2, 0) is 6.42 Å². The summed E-state index contributed by atoms with van der Waals surface area (Å²) >= 11 is 5.60. The largest absolute Gasteiger partial charge is 0.347 e. The van der Waals surface area contributed by atoms with Crippen LogP contribution in [-0.4, -0.2) is 48.6 Å². The summed E-state index contributed by atoms with van der Waals surface area (Å²) in [6, 6.07) is 8.47. The molecule has 118 valence electrons. The van der Waals surface area contributed by atoms with Crippen LogP contribution in [0.15, 0.2) is 24.3 Å². The Hall–Kier alpha value is -1.13. The molecule has 0 heterocycles. The molecule has 1 aromatic carbocycles. The first-order chi connectivity index (χ1) is 9.92. The van der Waals surface area contributed by atoms with E-state index >= 15 is 0 Å². The van der Waals surface area contributed by atoms with Gasteiger partial charge in [-0.2, -0.15) is 0 Å². The smallest absolute Gasteiger partial charge is 0.173 e. The number of hydrogen-bond donors (Lipinski definition) is 1. The van der Waals surface area contributed by atoms with Gasteiger partial charge in [0, 0.05) is 25.3 Å². The molecule has 3 nitrogen and oxygen atoms in total. The van der Waals surface area contributed by atoms with Gasteiger partial charge in [-0.3, -0.25) is 0 Å². The summed E-state index contributed by atoms with van der Waals surface area (Å²) in [4.78, 5) is 4.45. The van der Waals surface area contributed by atoms with Crippen molar-refractivity contribution < 1.29 is 0 Å². The highest BCUT2D eigenvalue weighted by atomic mass is 32.1. The zero-order chi connectivity index (χ0) is 15.8. The Balaban J connectivity index is 2.69. The second kappa shape index (κ2) is 9.00. The Morgan fingerprint density at radius 1 is 1.24 bits per heavy atom. The normalized spacial score (nSPS) is 11.0. The van der Waals surface area contributed by atoms with Crippen LogP contribution in [0.3, 0.4) is 0 Å². The average molecular weight is 308 g/mol. The first-order valence-electron chi connectivity index (χ1n) is 7.72. The van der Waals surface area contributed by atoms with E-state index in [-0.39, 0.29) is 0 Å². The van der Waals surface area contributed by atoms with Gasteiger partial charge >= 0.3 is 0 Å². The van der Waals surface area contributed by atoms with Gasteiger partial charge in [0.2, 0.25) is 0 Å². The predicted molar refractivity (Wildman–Crippen MR) is 97.0 cm³/mol. The maximum atomic E-state index is 5.60. The molecule has 0 unspecified atom stereocenters. The van der Waals surface area contributed by atoms with E-state index in [1.54, 1.807) is 0 Å². The number of rotatable bonds is 7. The lowest BCUT2D eigenvalue weighted by atomic mass is 10.1. The lowest BCUT2D eigenvalue weighted by molar-refractivity contribution is 0.310. The van der Waals surface area contributed by atoms with Crippen LogP contribution >= 0.6 is 12.2 Å². The van der Waals surface area contributed by atoms with Crippen LogP contribution in [0.5, 0.6) is 0 Å². The van der Waals surface area contributed by atoms with E-state index in [0.29, 0.717) is 5.92 Å². The molecule has 1 aromatic rings. The molecule has 0 saturated carbocycles. The van der Waals surface area contributed by atoms with Gasteiger partial charge in [-0.05, 0) is 56.3 Å². The Morgan fingerprint density at radius 2 is 1.95 bits per heavy atom. The lowest BCUT2D eigenvalue weighted by Crippen LogP contribution is -2.41. The second-order valence-electron chi connectivity index (χ2n) is 6.13. The predicted octanol–water partition coefficient (Wildman–Crippen LogP) is 3.47. The number of anilines is 1. The van der Waals surface area contributed by atoms with E-state index in [1.807, 2.05) is 0 Å². The maximum Gasteiger partial charge on any atom is 0.173 e. The quantitative estimate of drug-likeness (QED) is 0.777. The summed E-state index contributed by atoms with van der Waals surface area (Å²) < 4.78 is 0. The summed E-state index contributed by atoms with van der Waals surface area (Å²) in [6.45, 7) is 9.55. The molecule has 21 heavy (non-hydrogen) atoms. The molecule has 4 heteroatoms. The monoisotopic (exact) mass is 307 g/mol. The van der Waals surface area contributed by atoms with E-state index in [0.717, 1.165) is 36.9 Å². The maximum absolute atomic E-state index is 5.60. The highest BCUT2D eigenvalue weighted by molar-refractivity contribution is 7.80. The minimum absolute atomic E-state index is 0.592. The van der Waals surface area contributed by atoms with E-state index in [4.69, 9.17) is 12.2 Å². The molecule has 1 rings (SSSR count). The zero-order valence-corrected chi connectivity index (χ0v) is 14.8. The van der Waals surface area contributed by atoms with Crippen molar-refractivity contribution in [3.05, 3.63) is 29.8 Å². The van der Waals surface area contributed by atoms with Crippen molar-refractivity contribution in [1.29, 1.82) is 0 Å². The lowest BCUT2D eigenvalue weighted by Gasteiger charge is -2.29. The number of nitrogens with one attached hydrogen (secondary N) is 1. The van der Waals surface area contributed by atoms with Crippen LogP contribution in [0.1, 0.15) is 26.3 Å². The van der Waals surface area contributed by atoms with E-state index in [9.17, 15) is 0 Å². The Bertz CT molecular complexity index is 443. The standard InChI is InChI=1S/C17H29N3S/c1-6-15-8-7-9-16(12-15)18-17(21)20(13-14(2)3)11-10-19(4)5/h7-9,12,14H,6,10-11,13H2,1-5H3,(H,18,21). The average Bonchev–Trinajstić information content (AvgIpc) is 2.43. The fraction of sp³-hybridized carbons (Fsp3) is 0.588. The SMILES string of the molecule is CCc1cccc(NC(=S)N(CCN(C)C)CC(C)C)c1. The molecular weight excluding hydrogens is 278 g/mol. The summed E-state index contributed by atoms with van der Waals surface area (Å²) in [5.41, 5.74) is 2.41. The molecule has 0 aromatic heterocycles. The van der Waals surface area contributed by atoms with Crippen LogP contribution < -0.4 is 5.32 Å². The fourth-order valence-corrected chi connectivity index (χ4v) is 2.39. The molecule has 0 aliphatic rings. The Labute approximate surface area is 135 Å². The molecule has 0 bridgehead atoms. The molecule has 1 N–H and O–H groups in total. The topological polar surface area (TPSA) is 18.5 Å². The summed E-state index contributed by atoms with van der Waals surface area (Å²) in [5.74, 6) is 0.592. The zero-order valence-electron chi connectivity index (χ0n) is 14.0. The minimum atomic E-state index is 0.592. The van der Waals surface area contributed by atoms with Gasteiger partial charge in [0.15, 0.2) is 5.11 Å². The van der Waals surface area contributed by atoms with Crippen molar-refractivity contribution in [2.75, 3.05) is 39.0 Å². The number of likely N-dealkylation sites (N-methyl/N-ethyl adjacent to an activating group) is 1. The van der Waals surface area contributed by atoms with Crippen LogP contribution in [0, 0.1) is 5.92 Å². The van der Waals surface area contributed by atoms with Crippen molar-refractivity contribution in [2.45, 2.75) is 27.2 Å². The minimum Gasteiger partial charge on any atom is -0.347 e. The van der Waals surface area contributed by atoms with E-state index in [1.165, 1.54) is 5.56 Å².